The molecule has 0 aliphatic heterocycles. The number of halogens is 2. The Kier molecular flexibility index (Phi) is 6.08. The Morgan fingerprint density at radius 3 is 2.62 bits per heavy atom. The number of alkyl halides is 2. The molecule has 1 fully saturated rings. The van der Waals surface area contributed by atoms with Crippen molar-refractivity contribution in [1.82, 2.24) is 10.2 Å². The number of amides is 1. The minimum atomic E-state index is -3.00. The molecule has 1 aliphatic carbocycles. The molecule has 24 heavy (non-hydrogen) atoms. The maximum atomic E-state index is 12.4. The van der Waals surface area contributed by atoms with Gasteiger partial charge in [-0.25, -0.2) is 0 Å². The molecule has 1 amide bonds. The van der Waals surface area contributed by atoms with E-state index in [9.17, 15) is 18.4 Å². The zero-order valence-electron chi connectivity index (χ0n) is 13.2. The van der Waals surface area contributed by atoms with Gasteiger partial charge in [-0.1, -0.05) is 19.1 Å². The van der Waals surface area contributed by atoms with E-state index in [0.717, 1.165) is 0 Å². The highest BCUT2D eigenvalue weighted by atomic mass is 19.3. The Balaban J connectivity index is 1.90. The molecule has 1 aromatic rings. The summed E-state index contributed by atoms with van der Waals surface area (Å²) in [5.41, 5.74) is 0.0548. The third-order valence-corrected chi connectivity index (χ3v) is 4.06. The maximum Gasteiger partial charge on any atom is 0.387 e. The van der Waals surface area contributed by atoms with Gasteiger partial charge in [0.05, 0.1) is 12.1 Å². The molecular formula is C16H20F2N2O4. The summed E-state index contributed by atoms with van der Waals surface area (Å²) in [5, 5.41) is 11.6. The fraction of sp³-hybridized carbons (Fsp3) is 0.500. The van der Waals surface area contributed by atoms with E-state index in [2.05, 4.69) is 10.1 Å². The van der Waals surface area contributed by atoms with Crippen LogP contribution >= 0.6 is 0 Å². The van der Waals surface area contributed by atoms with Crippen molar-refractivity contribution in [2.75, 3.05) is 13.1 Å². The third-order valence-electron chi connectivity index (χ3n) is 4.06. The maximum absolute atomic E-state index is 12.4. The molecule has 0 saturated heterocycles. The molecule has 0 bridgehead atoms. The van der Waals surface area contributed by atoms with Crippen molar-refractivity contribution in [3.8, 4) is 5.75 Å². The summed E-state index contributed by atoms with van der Waals surface area (Å²) in [6.45, 7) is -0.538. The largest absolute Gasteiger partial charge is 0.480 e. The van der Waals surface area contributed by atoms with Crippen LogP contribution in [0.15, 0.2) is 24.3 Å². The van der Waals surface area contributed by atoms with Crippen molar-refractivity contribution >= 4 is 11.9 Å². The average Bonchev–Trinajstić information content (AvgIpc) is 2.48. The van der Waals surface area contributed by atoms with Gasteiger partial charge in [0.1, 0.15) is 5.75 Å². The second kappa shape index (κ2) is 8.05. The zero-order valence-corrected chi connectivity index (χ0v) is 13.2. The number of carboxylic acid groups (broad SMARTS) is 1. The number of carboxylic acids is 1. The molecule has 2 N–H and O–H groups in total. The number of benzene rings is 1. The first-order valence-electron chi connectivity index (χ1n) is 7.71. The number of nitrogens with zero attached hydrogens (tertiary/aromatic N) is 1. The summed E-state index contributed by atoms with van der Waals surface area (Å²) in [4.78, 5) is 24.9. The highest BCUT2D eigenvalue weighted by molar-refractivity contribution is 5.97. The second-order valence-corrected chi connectivity index (χ2v) is 5.63. The molecule has 2 rings (SSSR count). The van der Waals surface area contributed by atoms with Crippen LogP contribution in [0.1, 0.15) is 30.1 Å². The van der Waals surface area contributed by atoms with Crippen molar-refractivity contribution in [3.63, 3.8) is 0 Å². The van der Waals surface area contributed by atoms with Crippen molar-refractivity contribution in [1.29, 1.82) is 0 Å². The van der Waals surface area contributed by atoms with Crippen molar-refractivity contribution in [2.45, 2.75) is 38.5 Å². The fourth-order valence-corrected chi connectivity index (χ4v) is 2.79. The van der Waals surface area contributed by atoms with Crippen molar-refractivity contribution < 1.29 is 28.2 Å². The lowest BCUT2D eigenvalue weighted by Gasteiger charge is -2.42. The van der Waals surface area contributed by atoms with Gasteiger partial charge in [-0.2, -0.15) is 8.78 Å². The minimum Gasteiger partial charge on any atom is -0.480 e. The van der Waals surface area contributed by atoms with Crippen LogP contribution in [0.4, 0.5) is 8.78 Å². The highest BCUT2D eigenvalue weighted by Gasteiger charge is 2.35. The van der Waals surface area contributed by atoms with E-state index in [4.69, 9.17) is 5.11 Å². The first-order chi connectivity index (χ1) is 11.4. The number of hydrogen-bond donors (Lipinski definition) is 2. The number of carbonyl (C=O) groups is 2. The van der Waals surface area contributed by atoms with Gasteiger partial charge >= 0.3 is 12.6 Å². The van der Waals surface area contributed by atoms with Gasteiger partial charge in [-0.3, -0.25) is 14.5 Å². The molecular weight excluding hydrogens is 322 g/mol. The fourth-order valence-electron chi connectivity index (χ4n) is 2.79. The first-order valence-corrected chi connectivity index (χ1v) is 7.71. The quantitative estimate of drug-likeness (QED) is 0.755. The summed E-state index contributed by atoms with van der Waals surface area (Å²) in [5.74, 6) is -1.53. The number of hydrogen-bond acceptors (Lipinski definition) is 4. The summed E-state index contributed by atoms with van der Waals surface area (Å²) in [7, 11) is 0. The monoisotopic (exact) mass is 342 g/mol. The molecule has 132 valence electrons. The van der Waals surface area contributed by atoms with Crippen LogP contribution < -0.4 is 10.1 Å². The van der Waals surface area contributed by atoms with Gasteiger partial charge in [0, 0.05) is 12.1 Å². The van der Waals surface area contributed by atoms with Gasteiger partial charge in [-0.05, 0) is 31.5 Å². The van der Waals surface area contributed by atoms with Gasteiger partial charge in [0.25, 0.3) is 5.91 Å². The molecule has 6 nitrogen and oxygen atoms in total. The first kappa shape index (κ1) is 18.1. The van der Waals surface area contributed by atoms with E-state index >= 15 is 0 Å². The van der Waals surface area contributed by atoms with Crippen LogP contribution in [-0.2, 0) is 4.79 Å². The summed E-state index contributed by atoms with van der Waals surface area (Å²) in [6, 6.07) is 5.82. The molecule has 0 atom stereocenters. The molecule has 0 spiro atoms. The number of para-hydroxylation sites is 1. The van der Waals surface area contributed by atoms with E-state index in [1.807, 2.05) is 11.8 Å². The molecule has 8 heteroatoms. The summed E-state index contributed by atoms with van der Waals surface area (Å²) in [6.07, 6.45) is 1.26. The SMILES string of the molecule is CCN(CC(=O)O)C1CC(NC(=O)c2ccccc2OC(F)F)C1. The lowest BCUT2D eigenvalue weighted by molar-refractivity contribution is -0.139. The summed E-state index contributed by atoms with van der Waals surface area (Å²) >= 11 is 0. The van der Waals surface area contributed by atoms with E-state index in [1.54, 1.807) is 6.07 Å². The van der Waals surface area contributed by atoms with Crippen LogP contribution in [-0.4, -0.2) is 53.7 Å². The molecule has 0 radical (unpaired) electrons. The van der Waals surface area contributed by atoms with Gasteiger partial charge < -0.3 is 15.2 Å². The number of ether oxygens (including phenoxy) is 1. The normalized spacial score (nSPS) is 19.9. The molecule has 0 aromatic heterocycles. The Hall–Kier alpha value is -2.22. The van der Waals surface area contributed by atoms with Crippen LogP contribution in [0.5, 0.6) is 5.75 Å². The minimum absolute atomic E-state index is 0.0348. The molecule has 1 aromatic carbocycles. The standard InChI is InChI=1S/C16H20F2N2O4/c1-2-20(9-14(21)22)11-7-10(8-11)19-15(23)12-5-3-4-6-13(12)24-16(17)18/h3-6,10-11,16H,2,7-9H2,1H3,(H,19,23)(H,21,22). The Morgan fingerprint density at radius 2 is 2.04 bits per heavy atom. The molecule has 0 unspecified atom stereocenters. The van der Waals surface area contributed by atoms with Gasteiger partial charge in [0.2, 0.25) is 0 Å². The van der Waals surface area contributed by atoms with Crippen LogP contribution in [0.25, 0.3) is 0 Å². The van der Waals surface area contributed by atoms with E-state index in [1.165, 1.54) is 18.2 Å². The number of nitrogens with one attached hydrogen (secondary N) is 1. The van der Waals surface area contributed by atoms with Crippen LogP contribution in [0.3, 0.4) is 0 Å². The zero-order chi connectivity index (χ0) is 17.7. The average molecular weight is 342 g/mol. The topological polar surface area (TPSA) is 78.9 Å². The Bertz CT molecular complexity index is 591. The number of likely N-dealkylation sites (N-methyl/N-ethyl adjacent to an activating group) is 1. The number of rotatable bonds is 8. The number of aliphatic carboxylic acids is 1. The van der Waals surface area contributed by atoms with Crippen molar-refractivity contribution in [2.24, 2.45) is 0 Å². The van der Waals surface area contributed by atoms with Crippen LogP contribution in [0, 0.1) is 0 Å². The second-order valence-electron chi connectivity index (χ2n) is 5.63. The van der Waals surface area contributed by atoms with E-state index in [-0.39, 0.29) is 29.9 Å². The highest BCUT2D eigenvalue weighted by Crippen LogP contribution is 2.27. The van der Waals surface area contributed by atoms with Crippen LogP contribution in [0.2, 0.25) is 0 Å². The number of carbonyl (C=O) groups excluding carboxylic acids is 1. The van der Waals surface area contributed by atoms with E-state index in [0.29, 0.717) is 19.4 Å². The Morgan fingerprint density at radius 1 is 1.38 bits per heavy atom. The lowest BCUT2D eigenvalue weighted by Crippen LogP contribution is -2.54. The molecule has 0 heterocycles. The van der Waals surface area contributed by atoms with Gasteiger partial charge in [0.15, 0.2) is 0 Å². The Labute approximate surface area is 138 Å². The van der Waals surface area contributed by atoms with Gasteiger partial charge in [-0.15, -0.1) is 0 Å². The smallest absolute Gasteiger partial charge is 0.387 e. The predicted molar refractivity (Wildman–Crippen MR) is 82.2 cm³/mol. The molecule has 1 aliphatic rings. The van der Waals surface area contributed by atoms with E-state index < -0.39 is 18.5 Å². The molecule has 1 saturated carbocycles. The lowest BCUT2D eigenvalue weighted by atomic mass is 9.85. The van der Waals surface area contributed by atoms with Crippen molar-refractivity contribution in [3.05, 3.63) is 29.8 Å². The predicted octanol–water partition coefficient (Wildman–Crippen LogP) is 1.96. The summed E-state index contributed by atoms with van der Waals surface area (Å²) < 4.78 is 29.1. The third kappa shape index (κ3) is 4.64.